The first-order valence-electron chi connectivity index (χ1n) is 7.85. The summed E-state index contributed by atoms with van der Waals surface area (Å²) in [6.45, 7) is 15.3. The molecule has 2 nitrogen and oxygen atoms in total. The van der Waals surface area contributed by atoms with Crippen molar-refractivity contribution in [1.29, 1.82) is 0 Å². The van der Waals surface area contributed by atoms with Crippen molar-refractivity contribution >= 4 is 16.6 Å². The topological polar surface area (TPSA) is 18.5 Å². The lowest BCUT2D eigenvalue weighted by atomic mass is 10.8. The van der Waals surface area contributed by atoms with Crippen LogP contribution in [-0.4, -0.2) is 29.8 Å². The molecule has 0 saturated carbocycles. The van der Waals surface area contributed by atoms with Crippen LogP contribution in [0.2, 0.25) is 36.3 Å². The highest BCUT2D eigenvalue weighted by Gasteiger charge is 2.30. The molecule has 0 rings (SSSR count). The Morgan fingerprint density at radius 1 is 0.500 bits per heavy atom. The molecule has 0 spiro atoms. The van der Waals surface area contributed by atoms with Gasteiger partial charge in [0, 0.05) is 0 Å². The quantitative estimate of drug-likeness (QED) is 0.392. The van der Waals surface area contributed by atoms with Crippen molar-refractivity contribution < 1.29 is 8.85 Å². The van der Waals surface area contributed by atoms with Gasteiger partial charge in [-0.15, -0.1) is 0 Å². The van der Waals surface area contributed by atoms with Gasteiger partial charge >= 0.3 is 0 Å². The maximum atomic E-state index is 6.24. The summed E-state index contributed by atoms with van der Waals surface area (Å²) < 4.78 is 12.5. The predicted molar refractivity (Wildman–Crippen MR) is 86.3 cm³/mol. The lowest BCUT2D eigenvalue weighted by Crippen LogP contribution is -2.40. The molecule has 0 aliphatic heterocycles. The Bertz CT molecular complexity index is 163. The van der Waals surface area contributed by atoms with E-state index < -0.39 is 16.6 Å². The summed E-state index contributed by atoms with van der Waals surface area (Å²) in [6, 6.07) is 7.40. The Morgan fingerprint density at radius 3 is 0.889 bits per heavy atom. The predicted octanol–water partition coefficient (Wildman–Crippen LogP) is 5.03. The molecule has 0 bridgehead atoms. The van der Waals surface area contributed by atoms with Gasteiger partial charge in [-0.1, -0.05) is 41.5 Å². The average molecular weight is 291 g/mol. The summed E-state index contributed by atoms with van der Waals surface area (Å²) in [6.07, 6.45) is 0. The molecule has 0 N–H and O–H groups in total. The van der Waals surface area contributed by atoms with Crippen molar-refractivity contribution in [2.24, 2.45) is 0 Å². The molecule has 0 fully saturated rings. The SMILES string of the molecule is CC[Si](CC)(CC)OCCO[Si](CC)(CC)CC. The van der Waals surface area contributed by atoms with Crippen molar-refractivity contribution in [3.05, 3.63) is 0 Å². The summed E-state index contributed by atoms with van der Waals surface area (Å²) >= 11 is 0. The van der Waals surface area contributed by atoms with E-state index in [1.165, 1.54) is 36.3 Å². The molecule has 4 heteroatoms. The van der Waals surface area contributed by atoms with E-state index in [1.54, 1.807) is 0 Å². The Morgan fingerprint density at radius 2 is 0.722 bits per heavy atom. The highest BCUT2D eigenvalue weighted by molar-refractivity contribution is 6.74. The van der Waals surface area contributed by atoms with E-state index in [1.807, 2.05) is 0 Å². The number of hydrogen-bond acceptors (Lipinski definition) is 2. The molecule has 0 aromatic rings. The van der Waals surface area contributed by atoms with Crippen molar-refractivity contribution in [2.75, 3.05) is 13.2 Å². The molecule has 0 aliphatic carbocycles. The fourth-order valence-corrected chi connectivity index (χ4v) is 7.89. The van der Waals surface area contributed by atoms with Crippen LogP contribution in [0.5, 0.6) is 0 Å². The first-order chi connectivity index (χ1) is 8.57. The summed E-state index contributed by atoms with van der Waals surface area (Å²) in [5, 5.41) is 0. The van der Waals surface area contributed by atoms with Gasteiger partial charge in [0.15, 0.2) is 16.6 Å². The minimum absolute atomic E-state index is 0.816. The van der Waals surface area contributed by atoms with Crippen LogP contribution in [0, 0.1) is 0 Å². The van der Waals surface area contributed by atoms with Crippen LogP contribution in [0.1, 0.15) is 41.5 Å². The molecular weight excluding hydrogens is 256 g/mol. The molecule has 0 saturated heterocycles. The third-order valence-electron chi connectivity index (χ3n) is 4.77. The van der Waals surface area contributed by atoms with Crippen molar-refractivity contribution in [1.82, 2.24) is 0 Å². The van der Waals surface area contributed by atoms with Crippen LogP contribution in [0.4, 0.5) is 0 Å². The summed E-state index contributed by atoms with van der Waals surface area (Å²) in [4.78, 5) is 0. The fraction of sp³-hybridized carbons (Fsp3) is 1.00. The molecule has 0 heterocycles. The van der Waals surface area contributed by atoms with Crippen molar-refractivity contribution in [3.8, 4) is 0 Å². The third kappa shape index (κ3) is 5.15. The number of rotatable bonds is 11. The number of hydrogen-bond donors (Lipinski definition) is 0. The van der Waals surface area contributed by atoms with Gasteiger partial charge in [-0.25, -0.2) is 0 Å². The van der Waals surface area contributed by atoms with E-state index in [9.17, 15) is 0 Å². The fourth-order valence-electron chi connectivity index (χ4n) is 2.63. The van der Waals surface area contributed by atoms with Gasteiger partial charge in [0.2, 0.25) is 0 Å². The van der Waals surface area contributed by atoms with Crippen LogP contribution in [0.15, 0.2) is 0 Å². The first kappa shape index (κ1) is 18.4. The van der Waals surface area contributed by atoms with Gasteiger partial charge in [0.1, 0.15) is 0 Å². The van der Waals surface area contributed by atoms with Gasteiger partial charge in [0.25, 0.3) is 0 Å². The zero-order chi connectivity index (χ0) is 14.1. The molecule has 0 aromatic carbocycles. The Labute approximate surface area is 117 Å². The molecule has 18 heavy (non-hydrogen) atoms. The molecule has 110 valence electrons. The van der Waals surface area contributed by atoms with Gasteiger partial charge < -0.3 is 8.85 Å². The van der Waals surface area contributed by atoms with Crippen LogP contribution < -0.4 is 0 Å². The van der Waals surface area contributed by atoms with Crippen molar-refractivity contribution in [2.45, 2.75) is 77.8 Å². The highest BCUT2D eigenvalue weighted by Crippen LogP contribution is 2.23. The zero-order valence-corrected chi connectivity index (χ0v) is 15.5. The van der Waals surface area contributed by atoms with E-state index in [-0.39, 0.29) is 0 Å². The van der Waals surface area contributed by atoms with E-state index >= 15 is 0 Å². The second kappa shape index (κ2) is 9.29. The Balaban J connectivity index is 4.11. The van der Waals surface area contributed by atoms with Crippen LogP contribution in [0.25, 0.3) is 0 Å². The van der Waals surface area contributed by atoms with E-state index in [0.29, 0.717) is 0 Å². The maximum Gasteiger partial charge on any atom is 0.192 e. The van der Waals surface area contributed by atoms with Gasteiger partial charge in [-0.3, -0.25) is 0 Å². The van der Waals surface area contributed by atoms with Crippen LogP contribution in [-0.2, 0) is 8.85 Å². The van der Waals surface area contributed by atoms with E-state index in [2.05, 4.69) is 41.5 Å². The van der Waals surface area contributed by atoms with Gasteiger partial charge in [0.05, 0.1) is 13.2 Å². The summed E-state index contributed by atoms with van der Waals surface area (Å²) in [7, 11) is -2.82. The lowest BCUT2D eigenvalue weighted by Gasteiger charge is -2.31. The second-order valence-electron chi connectivity index (χ2n) is 5.18. The van der Waals surface area contributed by atoms with Gasteiger partial charge in [-0.05, 0) is 36.3 Å². The van der Waals surface area contributed by atoms with Gasteiger partial charge in [-0.2, -0.15) is 0 Å². The zero-order valence-electron chi connectivity index (χ0n) is 13.5. The highest BCUT2D eigenvalue weighted by atomic mass is 28.4. The molecule has 0 aliphatic rings. The molecule has 0 radical (unpaired) electrons. The minimum Gasteiger partial charge on any atom is -0.415 e. The lowest BCUT2D eigenvalue weighted by molar-refractivity contribution is 0.199. The summed E-state index contributed by atoms with van der Waals surface area (Å²) in [5.41, 5.74) is 0. The average Bonchev–Trinajstić information content (AvgIpc) is 2.45. The molecule has 0 atom stereocenters. The first-order valence-corrected chi connectivity index (χ1v) is 12.9. The van der Waals surface area contributed by atoms with Crippen LogP contribution in [0.3, 0.4) is 0 Å². The molecular formula is C14H34O2Si2. The molecule has 0 amide bonds. The minimum atomic E-state index is -1.41. The maximum absolute atomic E-state index is 6.24. The normalized spacial score (nSPS) is 13.0. The molecule has 0 unspecified atom stereocenters. The second-order valence-corrected chi connectivity index (χ2v) is 14.7. The summed E-state index contributed by atoms with van der Waals surface area (Å²) in [5.74, 6) is 0. The third-order valence-corrected chi connectivity index (χ3v) is 14.1. The standard InChI is InChI=1S/C14H34O2Si2/c1-7-17(8-2,9-3)15-13-14-16-18(10-4,11-5)12-6/h7-14H2,1-6H3. The monoisotopic (exact) mass is 290 g/mol. The Hall–Kier alpha value is 0.354. The smallest absolute Gasteiger partial charge is 0.192 e. The van der Waals surface area contributed by atoms with Crippen LogP contribution >= 0.6 is 0 Å². The molecule has 0 aromatic heterocycles. The Kier molecular flexibility index (Phi) is 9.47. The largest absolute Gasteiger partial charge is 0.415 e. The van der Waals surface area contributed by atoms with E-state index in [4.69, 9.17) is 8.85 Å². The van der Waals surface area contributed by atoms with Crippen molar-refractivity contribution in [3.63, 3.8) is 0 Å². The van der Waals surface area contributed by atoms with E-state index in [0.717, 1.165) is 13.2 Å².